The number of benzene rings is 1. The van der Waals surface area contributed by atoms with E-state index in [2.05, 4.69) is 20.0 Å². The molecule has 1 aliphatic rings. The predicted octanol–water partition coefficient (Wildman–Crippen LogP) is 1.78. The zero-order valence-electron chi connectivity index (χ0n) is 15.3. The van der Waals surface area contributed by atoms with Crippen LogP contribution in [0.1, 0.15) is 5.69 Å². The number of morpholine rings is 1. The highest BCUT2D eigenvalue weighted by Gasteiger charge is 2.17. The number of aryl methyl sites for hydroxylation is 1. The fourth-order valence-corrected chi connectivity index (χ4v) is 3.16. The van der Waals surface area contributed by atoms with Crippen molar-refractivity contribution in [2.75, 3.05) is 38.3 Å². The summed E-state index contributed by atoms with van der Waals surface area (Å²) in [5, 5.41) is 3.14. The quantitative estimate of drug-likeness (QED) is 0.757. The smallest absolute Gasteiger partial charge is 0.271 e. The molecule has 0 saturated carbocycles. The van der Waals surface area contributed by atoms with Gasteiger partial charge in [0.25, 0.3) is 5.56 Å². The number of rotatable bonds is 4. The van der Waals surface area contributed by atoms with E-state index in [0.717, 1.165) is 24.3 Å². The predicted molar refractivity (Wildman–Crippen MR) is 102 cm³/mol. The van der Waals surface area contributed by atoms with E-state index in [1.54, 1.807) is 19.4 Å². The highest BCUT2D eigenvalue weighted by molar-refractivity contribution is 5.62. The van der Waals surface area contributed by atoms with Gasteiger partial charge in [0, 0.05) is 30.9 Å². The van der Waals surface area contributed by atoms with Crippen LogP contribution >= 0.6 is 0 Å². The Kier molecular flexibility index (Phi) is 4.64. The Morgan fingerprint density at radius 3 is 2.74 bits per heavy atom. The van der Waals surface area contributed by atoms with E-state index >= 15 is 0 Å². The van der Waals surface area contributed by atoms with Gasteiger partial charge in [-0.3, -0.25) is 9.89 Å². The summed E-state index contributed by atoms with van der Waals surface area (Å²) in [5.74, 6) is 1.30. The zero-order valence-corrected chi connectivity index (χ0v) is 15.3. The van der Waals surface area contributed by atoms with Crippen LogP contribution in [0, 0.1) is 6.92 Å². The van der Waals surface area contributed by atoms with Crippen molar-refractivity contribution < 1.29 is 9.47 Å². The van der Waals surface area contributed by atoms with E-state index in [9.17, 15) is 4.79 Å². The Morgan fingerprint density at radius 2 is 2.00 bits per heavy atom. The minimum Gasteiger partial charge on any atom is -0.494 e. The molecular weight excluding hydrogens is 346 g/mol. The van der Waals surface area contributed by atoms with Crippen molar-refractivity contribution >= 4 is 5.95 Å². The molecule has 0 radical (unpaired) electrons. The van der Waals surface area contributed by atoms with E-state index in [4.69, 9.17) is 9.47 Å². The molecule has 8 heteroatoms. The number of hydrogen-bond acceptors (Lipinski definition) is 6. The summed E-state index contributed by atoms with van der Waals surface area (Å²) in [5.41, 5.74) is 2.74. The van der Waals surface area contributed by atoms with E-state index in [1.807, 2.05) is 31.2 Å². The van der Waals surface area contributed by atoms with Crippen LogP contribution in [0.5, 0.6) is 5.75 Å². The molecule has 3 heterocycles. The van der Waals surface area contributed by atoms with Crippen LogP contribution in [-0.4, -0.2) is 53.2 Å². The maximum absolute atomic E-state index is 12.5. The number of hydrogen-bond donors (Lipinski definition) is 1. The van der Waals surface area contributed by atoms with Crippen LogP contribution in [-0.2, 0) is 4.74 Å². The Bertz CT molecular complexity index is 1000. The highest BCUT2D eigenvalue weighted by Crippen LogP contribution is 2.24. The average Bonchev–Trinajstić information content (AvgIpc) is 3.09. The number of ether oxygens (including phenoxy) is 2. The van der Waals surface area contributed by atoms with Gasteiger partial charge in [-0.2, -0.15) is 0 Å². The summed E-state index contributed by atoms with van der Waals surface area (Å²) < 4.78 is 12.2. The van der Waals surface area contributed by atoms with E-state index in [0.29, 0.717) is 36.3 Å². The van der Waals surface area contributed by atoms with E-state index in [1.165, 1.54) is 4.68 Å². The number of para-hydroxylation sites is 2. The SMILES string of the molecule is COc1ccccc1-n1[nH]c(-c2cnc(N3CCOCC3)nc2C)cc1=O. The maximum atomic E-state index is 12.5. The first-order valence-corrected chi connectivity index (χ1v) is 8.79. The van der Waals surface area contributed by atoms with Gasteiger partial charge in [-0.05, 0) is 19.1 Å². The number of aromatic nitrogens is 4. The molecule has 0 amide bonds. The van der Waals surface area contributed by atoms with Gasteiger partial charge in [0.05, 0.1) is 31.7 Å². The summed E-state index contributed by atoms with van der Waals surface area (Å²) in [4.78, 5) is 23.7. The van der Waals surface area contributed by atoms with Crippen LogP contribution in [0.15, 0.2) is 41.3 Å². The van der Waals surface area contributed by atoms with Crippen LogP contribution in [0.2, 0.25) is 0 Å². The Balaban J connectivity index is 1.69. The lowest BCUT2D eigenvalue weighted by molar-refractivity contribution is 0.122. The average molecular weight is 367 g/mol. The maximum Gasteiger partial charge on any atom is 0.271 e. The minimum absolute atomic E-state index is 0.175. The molecular formula is C19H21N5O3. The number of methoxy groups -OCH3 is 1. The molecule has 8 nitrogen and oxygen atoms in total. The van der Waals surface area contributed by atoms with Crippen molar-refractivity contribution in [2.24, 2.45) is 0 Å². The molecule has 4 rings (SSSR count). The fraction of sp³-hybridized carbons (Fsp3) is 0.316. The van der Waals surface area contributed by atoms with Gasteiger partial charge in [-0.1, -0.05) is 12.1 Å². The molecule has 27 heavy (non-hydrogen) atoms. The molecule has 1 N–H and O–H groups in total. The van der Waals surface area contributed by atoms with Gasteiger partial charge in [0.1, 0.15) is 11.4 Å². The third kappa shape index (κ3) is 3.31. The van der Waals surface area contributed by atoms with Crippen molar-refractivity contribution in [3.63, 3.8) is 0 Å². The summed E-state index contributed by atoms with van der Waals surface area (Å²) in [6.45, 7) is 4.83. The molecule has 0 spiro atoms. The first kappa shape index (κ1) is 17.3. The van der Waals surface area contributed by atoms with Crippen molar-refractivity contribution in [1.82, 2.24) is 19.7 Å². The van der Waals surface area contributed by atoms with Crippen LogP contribution in [0.4, 0.5) is 5.95 Å². The molecule has 1 saturated heterocycles. The monoisotopic (exact) mass is 367 g/mol. The number of anilines is 1. The van der Waals surface area contributed by atoms with Gasteiger partial charge in [-0.25, -0.2) is 14.6 Å². The second-order valence-electron chi connectivity index (χ2n) is 6.28. The zero-order chi connectivity index (χ0) is 18.8. The van der Waals surface area contributed by atoms with E-state index < -0.39 is 0 Å². The van der Waals surface area contributed by atoms with Crippen molar-refractivity contribution in [2.45, 2.75) is 6.92 Å². The number of aromatic amines is 1. The lowest BCUT2D eigenvalue weighted by atomic mass is 10.2. The molecule has 0 unspecified atom stereocenters. The Labute approximate surface area is 156 Å². The van der Waals surface area contributed by atoms with Crippen molar-refractivity contribution in [3.8, 4) is 22.7 Å². The van der Waals surface area contributed by atoms with Crippen molar-refractivity contribution in [3.05, 3.63) is 52.6 Å². The lowest BCUT2D eigenvalue weighted by Gasteiger charge is -2.27. The topological polar surface area (TPSA) is 85.3 Å². The number of nitrogens with zero attached hydrogens (tertiary/aromatic N) is 4. The Hall–Kier alpha value is -3.13. The molecule has 2 aromatic heterocycles. The standard InChI is InChI=1S/C19H21N5O3/c1-13-14(12-20-19(21-13)23-7-9-27-10-8-23)15-11-18(25)24(22-15)16-5-3-4-6-17(16)26-2/h3-6,11-12,22H,7-10H2,1-2H3. The molecule has 3 aromatic rings. The highest BCUT2D eigenvalue weighted by atomic mass is 16.5. The first-order chi connectivity index (χ1) is 13.2. The molecule has 0 bridgehead atoms. The van der Waals surface area contributed by atoms with Crippen LogP contribution in [0.3, 0.4) is 0 Å². The third-order valence-corrected chi connectivity index (χ3v) is 4.60. The molecule has 0 atom stereocenters. The molecule has 0 aliphatic carbocycles. The second kappa shape index (κ2) is 7.24. The normalized spacial score (nSPS) is 14.4. The summed E-state index contributed by atoms with van der Waals surface area (Å²) >= 11 is 0. The third-order valence-electron chi connectivity index (χ3n) is 4.60. The van der Waals surface area contributed by atoms with Gasteiger partial charge in [-0.15, -0.1) is 0 Å². The van der Waals surface area contributed by atoms with Crippen LogP contribution < -0.4 is 15.2 Å². The van der Waals surface area contributed by atoms with Gasteiger partial charge in [0.2, 0.25) is 5.95 Å². The lowest BCUT2D eigenvalue weighted by Crippen LogP contribution is -2.37. The fourth-order valence-electron chi connectivity index (χ4n) is 3.16. The molecule has 1 fully saturated rings. The molecule has 140 valence electrons. The van der Waals surface area contributed by atoms with Gasteiger partial charge in [0.15, 0.2) is 0 Å². The minimum atomic E-state index is -0.175. The number of H-pyrrole nitrogens is 1. The number of nitrogens with one attached hydrogen (secondary N) is 1. The second-order valence-corrected chi connectivity index (χ2v) is 6.28. The molecule has 1 aromatic carbocycles. The van der Waals surface area contributed by atoms with Crippen molar-refractivity contribution in [1.29, 1.82) is 0 Å². The summed E-state index contributed by atoms with van der Waals surface area (Å²) in [7, 11) is 1.58. The first-order valence-electron chi connectivity index (χ1n) is 8.79. The largest absolute Gasteiger partial charge is 0.494 e. The summed E-state index contributed by atoms with van der Waals surface area (Å²) in [6.07, 6.45) is 1.75. The van der Waals surface area contributed by atoms with Gasteiger partial charge < -0.3 is 14.4 Å². The molecule has 1 aliphatic heterocycles. The van der Waals surface area contributed by atoms with Crippen LogP contribution in [0.25, 0.3) is 16.9 Å². The summed E-state index contributed by atoms with van der Waals surface area (Å²) in [6, 6.07) is 8.90. The van der Waals surface area contributed by atoms with E-state index in [-0.39, 0.29) is 5.56 Å². The van der Waals surface area contributed by atoms with Gasteiger partial charge >= 0.3 is 0 Å². The Morgan fingerprint density at radius 1 is 1.22 bits per heavy atom.